The summed E-state index contributed by atoms with van der Waals surface area (Å²) in [5.74, 6) is 0.814. The van der Waals surface area contributed by atoms with Crippen LogP contribution < -0.4 is 4.74 Å². The summed E-state index contributed by atoms with van der Waals surface area (Å²) in [6, 6.07) is 16.1. The minimum atomic E-state index is 0.00131. The molecule has 0 atom stereocenters. The topological polar surface area (TPSA) is 29.5 Å². The van der Waals surface area contributed by atoms with Crippen molar-refractivity contribution in [1.82, 2.24) is 0 Å². The van der Waals surface area contributed by atoms with Crippen LogP contribution in [0.2, 0.25) is 0 Å². The molecule has 0 fully saturated rings. The van der Waals surface area contributed by atoms with Crippen molar-refractivity contribution in [2.45, 2.75) is 6.92 Å². The molecule has 0 unspecified atom stereocenters. The summed E-state index contributed by atoms with van der Waals surface area (Å²) >= 11 is 0. The van der Waals surface area contributed by atoms with Crippen LogP contribution >= 0.6 is 0 Å². The van der Waals surface area contributed by atoms with E-state index in [9.17, 15) is 5.11 Å². The van der Waals surface area contributed by atoms with Gasteiger partial charge in [-0.3, -0.25) is 0 Å². The van der Waals surface area contributed by atoms with Crippen LogP contribution in [-0.2, 0) is 0 Å². The summed E-state index contributed by atoms with van der Waals surface area (Å²) in [5.41, 5.74) is 4.22. The molecule has 0 saturated heterocycles. The second kappa shape index (κ2) is 6.21. The van der Waals surface area contributed by atoms with Crippen LogP contribution in [0.15, 0.2) is 54.6 Å². The Morgan fingerprint density at radius 2 is 1.89 bits per heavy atom. The van der Waals surface area contributed by atoms with E-state index in [-0.39, 0.29) is 6.61 Å². The minimum absolute atomic E-state index is 0.00131. The molecule has 2 heteroatoms. The maximum absolute atomic E-state index is 9.28. The fraction of sp³-hybridized carbons (Fsp3) is 0.176. The predicted molar refractivity (Wildman–Crippen MR) is 78.3 cm³/mol. The minimum Gasteiger partial charge on any atom is -0.496 e. The van der Waals surface area contributed by atoms with E-state index in [1.54, 1.807) is 7.11 Å². The van der Waals surface area contributed by atoms with Crippen LogP contribution in [0.25, 0.3) is 5.57 Å². The second-order valence-corrected chi connectivity index (χ2v) is 4.37. The summed E-state index contributed by atoms with van der Waals surface area (Å²) in [4.78, 5) is 0. The largest absolute Gasteiger partial charge is 0.496 e. The molecule has 0 amide bonds. The molecule has 2 nitrogen and oxygen atoms in total. The normalized spacial score (nSPS) is 11.4. The number of ether oxygens (including phenoxy) is 1. The predicted octanol–water partition coefficient (Wildman–Crippen LogP) is 3.43. The fourth-order valence-corrected chi connectivity index (χ4v) is 2.12. The highest BCUT2D eigenvalue weighted by atomic mass is 16.5. The molecule has 98 valence electrons. The van der Waals surface area contributed by atoms with Gasteiger partial charge in [0.25, 0.3) is 0 Å². The third-order valence-corrected chi connectivity index (χ3v) is 3.03. The number of methoxy groups -OCH3 is 1. The number of rotatable bonds is 4. The summed E-state index contributed by atoms with van der Waals surface area (Å²) in [6.07, 6.45) is 1.81. The number of aliphatic hydroxyl groups excluding tert-OH is 1. The Hall–Kier alpha value is -2.06. The first-order chi connectivity index (χ1) is 9.26. The fourth-order valence-electron chi connectivity index (χ4n) is 2.12. The van der Waals surface area contributed by atoms with Gasteiger partial charge in [0.15, 0.2) is 0 Å². The number of aliphatic hydroxyl groups is 1. The highest BCUT2D eigenvalue weighted by Crippen LogP contribution is 2.31. The van der Waals surface area contributed by atoms with E-state index >= 15 is 0 Å². The molecule has 2 rings (SSSR count). The van der Waals surface area contributed by atoms with Gasteiger partial charge < -0.3 is 9.84 Å². The van der Waals surface area contributed by atoms with E-state index in [0.717, 1.165) is 28.0 Å². The summed E-state index contributed by atoms with van der Waals surface area (Å²) < 4.78 is 5.43. The molecule has 0 aliphatic carbocycles. The van der Waals surface area contributed by atoms with Crippen LogP contribution in [0.4, 0.5) is 0 Å². The first kappa shape index (κ1) is 13.4. The molecule has 2 aromatic carbocycles. The Balaban J connectivity index is 2.58. The van der Waals surface area contributed by atoms with Crippen molar-refractivity contribution in [2.24, 2.45) is 0 Å². The molecule has 0 saturated carbocycles. The van der Waals surface area contributed by atoms with E-state index in [2.05, 4.69) is 6.07 Å². The maximum atomic E-state index is 9.28. The molecule has 0 bridgehead atoms. The molecule has 0 radical (unpaired) electrons. The highest BCUT2D eigenvalue weighted by Gasteiger charge is 2.10. The van der Waals surface area contributed by atoms with E-state index in [4.69, 9.17) is 4.74 Å². The van der Waals surface area contributed by atoms with Gasteiger partial charge in [-0.15, -0.1) is 0 Å². The van der Waals surface area contributed by atoms with Crippen LogP contribution in [0, 0.1) is 6.92 Å². The Morgan fingerprint density at radius 3 is 2.53 bits per heavy atom. The van der Waals surface area contributed by atoms with Gasteiger partial charge in [-0.1, -0.05) is 48.0 Å². The van der Waals surface area contributed by atoms with Gasteiger partial charge in [0.1, 0.15) is 5.75 Å². The molecule has 0 aromatic heterocycles. The molecule has 0 aliphatic heterocycles. The van der Waals surface area contributed by atoms with Gasteiger partial charge in [-0.25, -0.2) is 0 Å². The van der Waals surface area contributed by atoms with Crippen molar-refractivity contribution in [3.05, 3.63) is 71.3 Å². The van der Waals surface area contributed by atoms with Crippen molar-refractivity contribution in [2.75, 3.05) is 13.7 Å². The SMILES string of the molecule is COc1ccc(C)cc1/C(=C/CO)c1ccccc1. The van der Waals surface area contributed by atoms with Crippen LogP contribution in [0.5, 0.6) is 5.75 Å². The second-order valence-electron chi connectivity index (χ2n) is 4.37. The van der Waals surface area contributed by atoms with Crippen molar-refractivity contribution in [3.8, 4) is 5.75 Å². The first-order valence-electron chi connectivity index (χ1n) is 6.27. The van der Waals surface area contributed by atoms with Crippen LogP contribution in [0.1, 0.15) is 16.7 Å². The highest BCUT2D eigenvalue weighted by molar-refractivity contribution is 5.83. The average molecular weight is 254 g/mol. The summed E-state index contributed by atoms with van der Waals surface area (Å²) in [6.45, 7) is 2.05. The molecular weight excluding hydrogens is 236 g/mol. The lowest BCUT2D eigenvalue weighted by Gasteiger charge is -2.13. The lowest BCUT2D eigenvalue weighted by atomic mass is 9.95. The quantitative estimate of drug-likeness (QED) is 0.905. The number of hydrogen-bond donors (Lipinski definition) is 1. The number of aryl methyl sites for hydroxylation is 1. The summed E-state index contributed by atoms with van der Waals surface area (Å²) in [5, 5.41) is 9.28. The van der Waals surface area contributed by atoms with E-state index in [1.807, 2.05) is 55.5 Å². The van der Waals surface area contributed by atoms with Gasteiger partial charge in [0.05, 0.1) is 13.7 Å². The number of benzene rings is 2. The Labute approximate surface area is 114 Å². The van der Waals surface area contributed by atoms with Gasteiger partial charge in [0.2, 0.25) is 0 Å². The van der Waals surface area contributed by atoms with Gasteiger partial charge in [-0.2, -0.15) is 0 Å². The zero-order valence-corrected chi connectivity index (χ0v) is 11.3. The molecule has 2 aromatic rings. The first-order valence-corrected chi connectivity index (χ1v) is 6.27. The lowest BCUT2D eigenvalue weighted by molar-refractivity contribution is 0.343. The van der Waals surface area contributed by atoms with Crippen molar-refractivity contribution >= 4 is 5.57 Å². The summed E-state index contributed by atoms with van der Waals surface area (Å²) in [7, 11) is 1.66. The zero-order valence-electron chi connectivity index (χ0n) is 11.3. The molecule has 0 aliphatic rings. The third-order valence-electron chi connectivity index (χ3n) is 3.03. The van der Waals surface area contributed by atoms with Crippen LogP contribution in [-0.4, -0.2) is 18.8 Å². The van der Waals surface area contributed by atoms with Crippen molar-refractivity contribution in [3.63, 3.8) is 0 Å². The Bertz CT molecular complexity index is 571. The van der Waals surface area contributed by atoms with Gasteiger partial charge >= 0.3 is 0 Å². The zero-order chi connectivity index (χ0) is 13.7. The molecule has 19 heavy (non-hydrogen) atoms. The van der Waals surface area contributed by atoms with E-state index in [1.165, 1.54) is 0 Å². The Morgan fingerprint density at radius 1 is 1.16 bits per heavy atom. The lowest BCUT2D eigenvalue weighted by Crippen LogP contribution is -1.95. The standard InChI is InChI=1S/C17H18O2/c1-13-8-9-17(19-2)16(12-13)15(10-11-18)14-6-4-3-5-7-14/h3-10,12,18H,11H2,1-2H3/b15-10+. The van der Waals surface area contributed by atoms with E-state index in [0.29, 0.717) is 0 Å². The molecule has 0 heterocycles. The average Bonchev–Trinajstić information content (AvgIpc) is 2.45. The van der Waals surface area contributed by atoms with Gasteiger partial charge in [0, 0.05) is 5.56 Å². The van der Waals surface area contributed by atoms with Crippen molar-refractivity contribution in [1.29, 1.82) is 0 Å². The molecule has 0 spiro atoms. The maximum Gasteiger partial charge on any atom is 0.126 e. The molecule has 1 N–H and O–H groups in total. The van der Waals surface area contributed by atoms with Crippen LogP contribution in [0.3, 0.4) is 0 Å². The van der Waals surface area contributed by atoms with Crippen molar-refractivity contribution < 1.29 is 9.84 Å². The van der Waals surface area contributed by atoms with E-state index < -0.39 is 0 Å². The monoisotopic (exact) mass is 254 g/mol. The smallest absolute Gasteiger partial charge is 0.126 e. The number of hydrogen-bond acceptors (Lipinski definition) is 2. The third kappa shape index (κ3) is 3.04. The van der Waals surface area contributed by atoms with Gasteiger partial charge in [-0.05, 0) is 30.2 Å². The Kier molecular flexibility index (Phi) is 4.37. The molecular formula is C17H18O2.